The van der Waals surface area contributed by atoms with Crippen molar-refractivity contribution in [3.8, 4) is 17.5 Å². The average Bonchev–Trinajstić information content (AvgIpc) is 2.93. The Bertz CT molecular complexity index is 758. The van der Waals surface area contributed by atoms with Crippen molar-refractivity contribution in [2.45, 2.75) is 4.90 Å². The number of rotatable bonds is 4. The lowest BCUT2D eigenvalue weighted by Gasteiger charge is -2.18. The summed E-state index contributed by atoms with van der Waals surface area (Å²) in [5.41, 5.74) is 0. The molecule has 2 heterocycles. The van der Waals surface area contributed by atoms with Gasteiger partial charge in [0.05, 0.1) is 12.0 Å². The van der Waals surface area contributed by atoms with E-state index in [1.54, 1.807) is 6.07 Å². The summed E-state index contributed by atoms with van der Waals surface area (Å²) < 4.78 is 42.2. The van der Waals surface area contributed by atoms with Crippen LogP contribution in [0.2, 0.25) is 0 Å². The summed E-state index contributed by atoms with van der Waals surface area (Å²) in [5.74, 6) is 0.863. The van der Waals surface area contributed by atoms with Gasteiger partial charge in [0.1, 0.15) is 13.2 Å². The van der Waals surface area contributed by atoms with Gasteiger partial charge in [-0.3, -0.25) is 0 Å². The van der Waals surface area contributed by atoms with Gasteiger partial charge in [-0.05, 0) is 12.1 Å². The number of methoxy groups -OCH3 is 1. The molecule has 2 N–H and O–H groups in total. The van der Waals surface area contributed by atoms with Crippen LogP contribution in [0, 0.1) is 0 Å². The summed E-state index contributed by atoms with van der Waals surface area (Å²) in [4.78, 5) is 3.82. The molecule has 0 spiro atoms. The van der Waals surface area contributed by atoms with E-state index in [9.17, 15) is 8.42 Å². The number of H-pyrrole nitrogens is 1. The van der Waals surface area contributed by atoms with Crippen LogP contribution >= 0.6 is 0 Å². The standard InChI is InChI=1S/C11H12N4O5S/c1-18-11-12-10(13-14-11)15-21(16,17)7-2-3-8-9(6-7)20-5-4-19-8/h2-3,6H,4-5H2,1H3,(H2,12,13,14,15). The number of nitrogens with zero attached hydrogens (tertiary/aromatic N) is 2. The van der Waals surface area contributed by atoms with Crippen molar-refractivity contribution in [1.82, 2.24) is 15.2 Å². The van der Waals surface area contributed by atoms with Gasteiger partial charge in [-0.1, -0.05) is 0 Å². The predicted octanol–water partition coefficient (Wildman–Crippen LogP) is 0.385. The number of benzene rings is 1. The zero-order valence-electron chi connectivity index (χ0n) is 11.0. The van der Waals surface area contributed by atoms with Crippen molar-refractivity contribution in [2.75, 3.05) is 25.0 Å². The van der Waals surface area contributed by atoms with Gasteiger partial charge in [-0.2, -0.15) is 4.98 Å². The minimum Gasteiger partial charge on any atom is -0.486 e. The van der Waals surface area contributed by atoms with Crippen LogP contribution in [0.3, 0.4) is 0 Å². The highest BCUT2D eigenvalue weighted by atomic mass is 32.2. The summed E-state index contributed by atoms with van der Waals surface area (Å²) in [5, 5.41) is 6.07. The second-order valence-corrected chi connectivity index (χ2v) is 5.76. The number of hydrogen-bond acceptors (Lipinski definition) is 7. The van der Waals surface area contributed by atoms with E-state index >= 15 is 0 Å². The molecule has 3 rings (SSSR count). The van der Waals surface area contributed by atoms with E-state index in [0.717, 1.165) is 0 Å². The van der Waals surface area contributed by atoms with Crippen molar-refractivity contribution in [3.63, 3.8) is 0 Å². The summed E-state index contributed by atoms with van der Waals surface area (Å²) in [6, 6.07) is 4.40. The van der Waals surface area contributed by atoms with Gasteiger partial charge in [0.15, 0.2) is 11.5 Å². The Hall–Kier alpha value is -2.49. The first-order valence-electron chi connectivity index (χ1n) is 5.97. The monoisotopic (exact) mass is 312 g/mol. The Morgan fingerprint density at radius 3 is 2.76 bits per heavy atom. The summed E-state index contributed by atoms with van der Waals surface area (Å²) in [6.07, 6.45) is 0. The molecule has 0 atom stereocenters. The number of sulfonamides is 1. The molecule has 1 aliphatic rings. The normalized spacial score (nSPS) is 13.8. The molecular formula is C11H12N4O5S. The summed E-state index contributed by atoms with van der Waals surface area (Å²) in [7, 11) is -2.44. The first-order valence-corrected chi connectivity index (χ1v) is 7.46. The van der Waals surface area contributed by atoms with Gasteiger partial charge in [-0.15, -0.1) is 5.10 Å². The van der Waals surface area contributed by atoms with E-state index in [4.69, 9.17) is 14.2 Å². The predicted molar refractivity (Wildman–Crippen MR) is 71.2 cm³/mol. The van der Waals surface area contributed by atoms with Crippen LogP contribution in [0.1, 0.15) is 0 Å². The molecule has 0 unspecified atom stereocenters. The molecule has 0 bridgehead atoms. The van der Waals surface area contributed by atoms with Crippen molar-refractivity contribution in [3.05, 3.63) is 18.2 Å². The maximum atomic E-state index is 12.2. The van der Waals surface area contributed by atoms with Gasteiger partial charge in [0.25, 0.3) is 10.0 Å². The lowest BCUT2D eigenvalue weighted by atomic mass is 10.3. The minimum atomic E-state index is -3.82. The maximum Gasteiger partial charge on any atom is 0.336 e. The van der Waals surface area contributed by atoms with Crippen LogP contribution in [0.25, 0.3) is 0 Å². The SMILES string of the molecule is COc1n[nH]c(NS(=O)(=O)c2ccc3c(c2)OCCO3)n1. The third kappa shape index (κ3) is 2.70. The van der Waals surface area contributed by atoms with Crippen LogP contribution in [0.4, 0.5) is 5.95 Å². The highest BCUT2D eigenvalue weighted by Gasteiger charge is 2.20. The van der Waals surface area contributed by atoms with Crippen LogP contribution in [0.5, 0.6) is 17.5 Å². The molecule has 112 valence electrons. The molecule has 0 fully saturated rings. The smallest absolute Gasteiger partial charge is 0.336 e. The fraction of sp³-hybridized carbons (Fsp3) is 0.273. The first-order chi connectivity index (χ1) is 10.1. The molecule has 9 nitrogen and oxygen atoms in total. The summed E-state index contributed by atoms with van der Waals surface area (Å²) >= 11 is 0. The maximum absolute atomic E-state index is 12.2. The molecule has 0 radical (unpaired) electrons. The van der Waals surface area contributed by atoms with Gasteiger partial charge in [-0.25, -0.2) is 18.2 Å². The van der Waals surface area contributed by atoms with E-state index in [1.165, 1.54) is 19.2 Å². The molecule has 2 aromatic rings. The van der Waals surface area contributed by atoms with Crippen LogP contribution in [-0.2, 0) is 10.0 Å². The minimum absolute atomic E-state index is 0.0297. The van der Waals surface area contributed by atoms with E-state index in [-0.39, 0.29) is 16.9 Å². The zero-order chi connectivity index (χ0) is 14.9. The van der Waals surface area contributed by atoms with E-state index < -0.39 is 10.0 Å². The highest BCUT2D eigenvalue weighted by molar-refractivity contribution is 7.92. The van der Waals surface area contributed by atoms with E-state index in [0.29, 0.717) is 24.7 Å². The molecular weight excluding hydrogens is 300 g/mol. The zero-order valence-corrected chi connectivity index (χ0v) is 11.8. The van der Waals surface area contributed by atoms with E-state index in [1.807, 2.05) is 0 Å². The lowest BCUT2D eigenvalue weighted by Crippen LogP contribution is -2.17. The second-order valence-electron chi connectivity index (χ2n) is 4.08. The van der Waals surface area contributed by atoms with Crippen LogP contribution in [0.15, 0.2) is 23.1 Å². The third-order valence-corrected chi connectivity index (χ3v) is 4.04. The average molecular weight is 312 g/mol. The molecule has 1 aromatic heterocycles. The highest BCUT2D eigenvalue weighted by Crippen LogP contribution is 2.32. The molecule has 0 saturated heterocycles. The lowest BCUT2D eigenvalue weighted by molar-refractivity contribution is 0.171. The van der Waals surface area contributed by atoms with Crippen LogP contribution in [-0.4, -0.2) is 43.9 Å². The Kier molecular flexibility index (Phi) is 3.29. The van der Waals surface area contributed by atoms with E-state index in [2.05, 4.69) is 19.9 Å². The molecule has 21 heavy (non-hydrogen) atoms. The Morgan fingerprint density at radius 1 is 1.29 bits per heavy atom. The third-order valence-electron chi connectivity index (χ3n) is 2.70. The Balaban J connectivity index is 1.87. The number of aromatic nitrogens is 3. The first kappa shape index (κ1) is 13.5. The van der Waals surface area contributed by atoms with Crippen molar-refractivity contribution in [1.29, 1.82) is 0 Å². The van der Waals surface area contributed by atoms with Crippen molar-refractivity contribution < 1.29 is 22.6 Å². The number of anilines is 1. The van der Waals surface area contributed by atoms with Gasteiger partial charge >= 0.3 is 6.01 Å². The molecule has 1 aliphatic heterocycles. The quantitative estimate of drug-likeness (QED) is 0.838. The fourth-order valence-electron chi connectivity index (χ4n) is 1.76. The largest absolute Gasteiger partial charge is 0.486 e. The number of aromatic amines is 1. The molecule has 0 saturated carbocycles. The summed E-state index contributed by atoms with van der Waals surface area (Å²) in [6.45, 7) is 0.818. The molecule has 0 aliphatic carbocycles. The Labute approximate surface area is 120 Å². The topological polar surface area (TPSA) is 115 Å². The molecule has 1 aromatic carbocycles. The van der Waals surface area contributed by atoms with Crippen molar-refractivity contribution >= 4 is 16.0 Å². The molecule has 0 amide bonds. The number of hydrogen-bond donors (Lipinski definition) is 2. The van der Waals surface area contributed by atoms with Gasteiger partial charge in [0.2, 0.25) is 5.95 Å². The Morgan fingerprint density at radius 2 is 2.05 bits per heavy atom. The number of fused-ring (bicyclic) bond motifs is 1. The van der Waals surface area contributed by atoms with Gasteiger partial charge < -0.3 is 14.2 Å². The number of ether oxygens (including phenoxy) is 3. The fourth-order valence-corrected chi connectivity index (χ4v) is 2.73. The number of nitrogens with one attached hydrogen (secondary N) is 2. The van der Waals surface area contributed by atoms with Gasteiger partial charge in [0, 0.05) is 6.07 Å². The van der Waals surface area contributed by atoms with Crippen LogP contribution < -0.4 is 18.9 Å². The van der Waals surface area contributed by atoms with Crippen molar-refractivity contribution in [2.24, 2.45) is 0 Å². The second kappa shape index (κ2) is 5.13. The molecule has 10 heteroatoms.